The smallest absolute Gasteiger partial charge is 0.293 e. The van der Waals surface area contributed by atoms with Crippen molar-refractivity contribution in [1.29, 1.82) is 0 Å². The van der Waals surface area contributed by atoms with Crippen molar-refractivity contribution in [2.75, 3.05) is 6.61 Å². The van der Waals surface area contributed by atoms with Gasteiger partial charge in [0.05, 0.1) is 6.61 Å². The largest absolute Gasteiger partial charge is 0.468 e. The van der Waals surface area contributed by atoms with E-state index in [0.717, 1.165) is 0 Å². The van der Waals surface area contributed by atoms with Crippen molar-refractivity contribution in [3.8, 4) is 0 Å². The SMILES string of the molecule is C1CCC1.CCOC=O.F. The summed E-state index contributed by atoms with van der Waals surface area (Å²) in [7, 11) is 0. The molecule has 2 nitrogen and oxygen atoms in total. The standard InChI is InChI=1S/C4H8.C3H6O2.FH/c1-2-4-3-1;1-2-5-3-4;/h1-4H2;3H,2H2,1H3;1H. The molecular weight excluding hydrogens is 135 g/mol. The molecule has 10 heavy (non-hydrogen) atoms. The van der Waals surface area contributed by atoms with E-state index in [1.165, 1.54) is 25.7 Å². The summed E-state index contributed by atoms with van der Waals surface area (Å²) in [6, 6.07) is 0. The van der Waals surface area contributed by atoms with Crippen LogP contribution < -0.4 is 0 Å². The summed E-state index contributed by atoms with van der Waals surface area (Å²) in [6.45, 7) is 2.66. The van der Waals surface area contributed by atoms with E-state index in [4.69, 9.17) is 0 Å². The quantitative estimate of drug-likeness (QED) is 0.562. The zero-order valence-corrected chi connectivity index (χ0v) is 6.34. The first-order chi connectivity index (χ1) is 4.41. The first-order valence-electron chi connectivity index (χ1n) is 3.47. The first-order valence-corrected chi connectivity index (χ1v) is 3.47. The lowest BCUT2D eigenvalue weighted by Crippen LogP contribution is -1.85. The Morgan fingerprint density at radius 3 is 1.70 bits per heavy atom. The summed E-state index contributed by atoms with van der Waals surface area (Å²) in [5.74, 6) is 0. The second kappa shape index (κ2) is 11.2. The third-order valence-electron chi connectivity index (χ3n) is 1.23. The van der Waals surface area contributed by atoms with Crippen molar-refractivity contribution in [2.24, 2.45) is 0 Å². The van der Waals surface area contributed by atoms with Gasteiger partial charge in [-0.1, -0.05) is 25.7 Å². The Morgan fingerprint density at radius 1 is 1.30 bits per heavy atom. The van der Waals surface area contributed by atoms with Gasteiger partial charge in [-0.15, -0.1) is 0 Å². The van der Waals surface area contributed by atoms with Crippen LogP contribution in [0.15, 0.2) is 0 Å². The zero-order valence-electron chi connectivity index (χ0n) is 6.34. The van der Waals surface area contributed by atoms with Crippen molar-refractivity contribution in [3.05, 3.63) is 0 Å². The van der Waals surface area contributed by atoms with Crippen LogP contribution in [0.3, 0.4) is 0 Å². The van der Waals surface area contributed by atoms with Crippen LogP contribution in [0.1, 0.15) is 32.6 Å². The monoisotopic (exact) mass is 150 g/mol. The molecule has 0 spiro atoms. The van der Waals surface area contributed by atoms with E-state index in [9.17, 15) is 4.79 Å². The van der Waals surface area contributed by atoms with Crippen molar-refractivity contribution in [2.45, 2.75) is 32.6 Å². The van der Waals surface area contributed by atoms with E-state index >= 15 is 0 Å². The molecule has 0 radical (unpaired) electrons. The highest BCUT2D eigenvalue weighted by Gasteiger charge is 1.95. The van der Waals surface area contributed by atoms with Gasteiger partial charge >= 0.3 is 0 Å². The molecule has 1 fully saturated rings. The number of hydrogen-bond donors (Lipinski definition) is 0. The molecule has 0 unspecified atom stereocenters. The van der Waals surface area contributed by atoms with Crippen LogP contribution in [-0.2, 0) is 9.53 Å². The van der Waals surface area contributed by atoms with Crippen LogP contribution in [-0.4, -0.2) is 13.1 Å². The molecule has 0 atom stereocenters. The van der Waals surface area contributed by atoms with Gasteiger partial charge in [0.25, 0.3) is 6.47 Å². The number of ether oxygens (including phenoxy) is 1. The third-order valence-corrected chi connectivity index (χ3v) is 1.23. The Kier molecular flexibility index (Phi) is 13.6. The second-order valence-electron chi connectivity index (χ2n) is 1.97. The molecule has 0 aliphatic heterocycles. The lowest BCUT2D eigenvalue weighted by Gasteiger charge is -2.05. The summed E-state index contributed by atoms with van der Waals surface area (Å²) in [6.07, 6.45) is 6.00. The minimum atomic E-state index is 0. The van der Waals surface area contributed by atoms with Crippen molar-refractivity contribution in [1.82, 2.24) is 0 Å². The molecular formula is C7H15FO2. The Morgan fingerprint density at radius 2 is 1.70 bits per heavy atom. The van der Waals surface area contributed by atoms with Gasteiger partial charge in [-0.05, 0) is 6.92 Å². The average Bonchev–Trinajstić information content (AvgIpc) is 1.63. The van der Waals surface area contributed by atoms with E-state index in [1.54, 1.807) is 6.92 Å². The molecule has 1 aliphatic carbocycles. The number of hydrogen-bond acceptors (Lipinski definition) is 2. The van der Waals surface area contributed by atoms with E-state index < -0.39 is 0 Å². The molecule has 1 aliphatic rings. The topological polar surface area (TPSA) is 26.3 Å². The number of rotatable bonds is 2. The average molecular weight is 150 g/mol. The molecule has 62 valence electrons. The maximum atomic E-state index is 9.18. The van der Waals surface area contributed by atoms with Crippen LogP contribution in [0.4, 0.5) is 4.70 Å². The fourth-order valence-electron chi connectivity index (χ4n) is 0.318. The fourth-order valence-corrected chi connectivity index (χ4v) is 0.318. The van der Waals surface area contributed by atoms with Crippen LogP contribution in [0.25, 0.3) is 0 Å². The lowest BCUT2D eigenvalue weighted by atomic mass is 10.0. The van der Waals surface area contributed by atoms with Crippen LogP contribution in [0.5, 0.6) is 0 Å². The van der Waals surface area contributed by atoms with E-state index in [1.807, 2.05) is 0 Å². The predicted octanol–water partition coefficient (Wildman–Crippen LogP) is 1.89. The summed E-state index contributed by atoms with van der Waals surface area (Å²) >= 11 is 0. The zero-order chi connectivity index (χ0) is 6.95. The van der Waals surface area contributed by atoms with Crippen LogP contribution in [0, 0.1) is 0 Å². The number of carbonyl (C=O) groups is 1. The molecule has 0 aromatic rings. The van der Waals surface area contributed by atoms with Gasteiger partial charge in [0.15, 0.2) is 0 Å². The van der Waals surface area contributed by atoms with Crippen molar-refractivity contribution < 1.29 is 14.2 Å². The van der Waals surface area contributed by atoms with Gasteiger partial charge in [0.1, 0.15) is 0 Å². The van der Waals surface area contributed by atoms with E-state index in [0.29, 0.717) is 13.1 Å². The Balaban J connectivity index is 0. The molecule has 3 heteroatoms. The lowest BCUT2D eigenvalue weighted by molar-refractivity contribution is -0.128. The Bertz CT molecular complexity index is 58.6. The van der Waals surface area contributed by atoms with Gasteiger partial charge in [0, 0.05) is 0 Å². The minimum Gasteiger partial charge on any atom is -0.468 e. The number of carbonyl (C=O) groups excluding carboxylic acids is 1. The molecule has 0 N–H and O–H groups in total. The van der Waals surface area contributed by atoms with Gasteiger partial charge < -0.3 is 4.74 Å². The molecule has 1 saturated carbocycles. The summed E-state index contributed by atoms with van der Waals surface area (Å²) in [4.78, 5) is 9.18. The molecule has 0 aromatic carbocycles. The fraction of sp³-hybridized carbons (Fsp3) is 0.857. The molecule has 0 amide bonds. The van der Waals surface area contributed by atoms with Gasteiger partial charge in [0.2, 0.25) is 0 Å². The van der Waals surface area contributed by atoms with Crippen LogP contribution in [0.2, 0.25) is 0 Å². The number of halogens is 1. The predicted molar refractivity (Wildman–Crippen MR) is 38.7 cm³/mol. The Hall–Kier alpha value is -0.600. The normalized spacial score (nSPS) is 12.9. The van der Waals surface area contributed by atoms with E-state index in [-0.39, 0.29) is 4.70 Å². The summed E-state index contributed by atoms with van der Waals surface area (Å²) in [5.41, 5.74) is 0. The molecule has 0 aromatic heterocycles. The highest BCUT2D eigenvalue weighted by atomic mass is 19.0. The van der Waals surface area contributed by atoms with Crippen molar-refractivity contribution in [3.63, 3.8) is 0 Å². The third kappa shape index (κ3) is 10.4. The molecule has 0 heterocycles. The highest BCUT2D eigenvalue weighted by Crippen LogP contribution is 2.15. The summed E-state index contributed by atoms with van der Waals surface area (Å²) < 4.78 is 4.15. The summed E-state index contributed by atoms with van der Waals surface area (Å²) in [5, 5.41) is 0. The van der Waals surface area contributed by atoms with E-state index in [2.05, 4.69) is 4.74 Å². The van der Waals surface area contributed by atoms with Gasteiger partial charge in [-0.3, -0.25) is 9.50 Å². The van der Waals surface area contributed by atoms with Crippen LogP contribution >= 0.6 is 0 Å². The van der Waals surface area contributed by atoms with Gasteiger partial charge in [-0.2, -0.15) is 0 Å². The highest BCUT2D eigenvalue weighted by molar-refractivity contribution is 5.36. The molecule has 1 rings (SSSR count). The maximum Gasteiger partial charge on any atom is 0.293 e. The second-order valence-corrected chi connectivity index (χ2v) is 1.97. The minimum absolute atomic E-state index is 0. The van der Waals surface area contributed by atoms with Crippen molar-refractivity contribution >= 4 is 6.47 Å². The van der Waals surface area contributed by atoms with Gasteiger partial charge in [-0.25, -0.2) is 0 Å². The Labute approximate surface area is 60.9 Å². The maximum absolute atomic E-state index is 9.18. The molecule has 0 saturated heterocycles. The first kappa shape index (κ1) is 12.1. The molecule has 0 bridgehead atoms.